The number of anilines is 2. The number of carbonyl (C=O) groups is 1. The van der Waals surface area contributed by atoms with Crippen LogP contribution in [-0.4, -0.2) is 39.6 Å². The van der Waals surface area contributed by atoms with Gasteiger partial charge in [-0.3, -0.25) is 9.48 Å². The highest BCUT2D eigenvalue weighted by molar-refractivity contribution is 6.04. The number of carbonyl (C=O) groups excluding carboxylic acids is 1. The van der Waals surface area contributed by atoms with Gasteiger partial charge in [-0.05, 0) is 61.6 Å². The molecule has 2 aromatic heterocycles. The number of nitrogens with one attached hydrogen (secondary N) is 3. The Labute approximate surface area is 223 Å². The summed E-state index contributed by atoms with van der Waals surface area (Å²) in [4.78, 5) is 24.2. The van der Waals surface area contributed by atoms with Gasteiger partial charge >= 0.3 is 0 Å². The molecule has 1 saturated heterocycles. The largest absolute Gasteiger partial charge is 0.383 e. The first-order chi connectivity index (χ1) is 18.5. The van der Waals surface area contributed by atoms with Crippen molar-refractivity contribution in [3.63, 3.8) is 0 Å². The highest BCUT2D eigenvalue weighted by atomic mass is 16.1. The van der Waals surface area contributed by atoms with Gasteiger partial charge in [-0.25, -0.2) is 9.98 Å². The first-order valence-corrected chi connectivity index (χ1v) is 13.0. The zero-order valence-electron chi connectivity index (χ0n) is 22.1. The van der Waals surface area contributed by atoms with Gasteiger partial charge in [0.25, 0.3) is 5.91 Å². The lowest BCUT2D eigenvalue weighted by atomic mass is 10.1. The molecule has 1 unspecified atom stereocenters. The van der Waals surface area contributed by atoms with Crippen molar-refractivity contribution >= 4 is 28.8 Å². The second kappa shape index (κ2) is 11.3. The molecule has 4 heterocycles. The number of aliphatic imine (C=N–C) groups is 1. The summed E-state index contributed by atoms with van der Waals surface area (Å²) in [6, 6.07) is 9.84. The van der Waals surface area contributed by atoms with Crippen LogP contribution >= 0.6 is 0 Å². The van der Waals surface area contributed by atoms with Gasteiger partial charge in [-0.2, -0.15) is 5.10 Å². The molecule has 38 heavy (non-hydrogen) atoms. The maximum atomic E-state index is 12.9. The maximum absolute atomic E-state index is 12.9. The fraction of sp³-hybridized carbons (Fsp3) is 0.310. The normalized spacial score (nSPS) is 15.9. The lowest BCUT2D eigenvalue weighted by Gasteiger charge is -2.19. The summed E-state index contributed by atoms with van der Waals surface area (Å²) in [5.74, 6) is 1.71. The zero-order chi connectivity index (χ0) is 26.5. The molecular weight excluding hydrogens is 476 g/mol. The Balaban J connectivity index is 1.12. The van der Waals surface area contributed by atoms with Crippen molar-refractivity contribution in [1.29, 1.82) is 0 Å². The van der Waals surface area contributed by atoms with Crippen molar-refractivity contribution in [3.8, 4) is 0 Å². The summed E-state index contributed by atoms with van der Waals surface area (Å²) in [5, 5.41) is 13.8. The third-order valence-corrected chi connectivity index (χ3v) is 6.85. The molecular formula is C29H34N8O. The van der Waals surface area contributed by atoms with E-state index in [1.165, 1.54) is 12.8 Å². The van der Waals surface area contributed by atoms with E-state index >= 15 is 0 Å². The third-order valence-electron chi connectivity index (χ3n) is 6.85. The Kier molecular flexibility index (Phi) is 7.53. The van der Waals surface area contributed by atoms with Crippen molar-refractivity contribution in [3.05, 3.63) is 89.8 Å². The minimum Gasteiger partial charge on any atom is -0.383 e. The number of amidine groups is 1. The van der Waals surface area contributed by atoms with Gasteiger partial charge in [0.15, 0.2) is 0 Å². The molecule has 1 aromatic carbocycles. The number of hydrogen-bond donors (Lipinski definition) is 3. The van der Waals surface area contributed by atoms with Crippen LogP contribution in [0.5, 0.6) is 0 Å². The van der Waals surface area contributed by atoms with Gasteiger partial charge in [0, 0.05) is 74.8 Å². The van der Waals surface area contributed by atoms with E-state index in [1.54, 1.807) is 10.9 Å². The SMILES string of the molecule is Cc1cc(C(=O)Nc2cccc(C(C)NC=CNC3=NC=C(c4cnn(C)c4)C3)c2)cnc1N1CCCC1. The molecule has 0 saturated carbocycles. The molecule has 0 spiro atoms. The molecule has 1 atom stereocenters. The number of hydrogen-bond acceptors (Lipinski definition) is 7. The molecule has 0 bridgehead atoms. The Hall–Kier alpha value is -4.40. The molecule has 0 radical (unpaired) electrons. The number of amides is 1. The summed E-state index contributed by atoms with van der Waals surface area (Å²) in [6.45, 7) is 6.15. The topological polar surface area (TPSA) is 99.5 Å². The van der Waals surface area contributed by atoms with Gasteiger partial charge in [-0.15, -0.1) is 0 Å². The average Bonchev–Trinajstić information content (AvgIpc) is 3.69. The molecule has 196 valence electrons. The van der Waals surface area contributed by atoms with Crippen molar-refractivity contribution in [1.82, 2.24) is 25.4 Å². The van der Waals surface area contributed by atoms with Crippen molar-refractivity contribution in [2.75, 3.05) is 23.3 Å². The van der Waals surface area contributed by atoms with E-state index in [1.807, 2.05) is 75.3 Å². The number of nitrogens with zero attached hydrogens (tertiary/aromatic N) is 5. The Bertz CT molecular complexity index is 1400. The molecule has 3 N–H and O–H groups in total. The van der Waals surface area contributed by atoms with E-state index in [4.69, 9.17) is 0 Å². The van der Waals surface area contributed by atoms with E-state index in [9.17, 15) is 4.79 Å². The van der Waals surface area contributed by atoms with Crippen LogP contribution in [0.15, 0.2) is 72.5 Å². The van der Waals surface area contributed by atoms with E-state index in [-0.39, 0.29) is 11.9 Å². The molecule has 3 aromatic rings. The Morgan fingerprint density at radius 2 is 1.97 bits per heavy atom. The van der Waals surface area contributed by atoms with E-state index in [2.05, 4.69) is 42.8 Å². The monoisotopic (exact) mass is 510 g/mol. The molecule has 1 amide bonds. The average molecular weight is 511 g/mol. The molecule has 9 nitrogen and oxygen atoms in total. The van der Waals surface area contributed by atoms with E-state index < -0.39 is 0 Å². The van der Waals surface area contributed by atoms with Crippen LogP contribution in [0, 0.1) is 6.92 Å². The molecule has 9 heteroatoms. The van der Waals surface area contributed by atoms with Crippen LogP contribution in [0.4, 0.5) is 11.5 Å². The first-order valence-electron chi connectivity index (χ1n) is 13.0. The second-order valence-corrected chi connectivity index (χ2v) is 9.81. The predicted molar refractivity (Wildman–Crippen MR) is 152 cm³/mol. The number of rotatable bonds is 8. The molecule has 2 aliphatic heterocycles. The van der Waals surface area contributed by atoms with Gasteiger partial charge in [0.1, 0.15) is 11.7 Å². The van der Waals surface area contributed by atoms with Gasteiger partial charge in [0.2, 0.25) is 0 Å². The fourth-order valence-electron chi connectivity index (χ4n) is 4.75. The summed E-state index contributed by atoms with van der Waals surface area (Å²) in [5.41, 5.74) is 5.62. The minimum absolute atomic E-state index is 0.0446. The van der Waals surface area contributed by atoms with Gasteiger partial charge in [0.05, 0.1) is 11.8 Å². The van der Waals surface area contributed by atoms with Crippen LogP contribution < -0.4 is 20.9 Å². The second-order valence-electron chi connectivity index (χ2n) is 9.81. The summed E-state index contributed by atoms with van der Waals surface area (Å²) in [7, 11) is 1.91. The van der Waals surface area contributed by atoms with Crippen LogP contribution in [0.3, 0.4) is 0 Å². The van der Waals surface area contributed by atoms with Gasteiger partial charge in [-0.1, -0.05) is 12.1 Å². The smallest absolute Gasteiger partial charge is 0.257 e. The Morgan fingerprint density at radius 1 is 1.13 bits per heavy atom. The number of aromatic nitrogens is 3. The summed E-state index contributed by atoms with van der Waals surface area (Å²) in [6.07, 6.45) is 14.2. The van der Waals surface area contributed by atoms with E-state index in [0.717, 1.165) is 59.1 Å². The fourth-order valence-corrected chi connectivity index (χ4v) is 4.75. The van der Waals surface area contributed by atoms with Crippen molar-refractivity contribution in [2.24, 2.45) is 12.0 Å². The summed E-state index contributed by atoms with van der Waals surface area (Å²) >= 11 is 0. The Morgan fingerprint density at radius 3 is 2.74 bits per heavy atom. The van der Waals surface area contributed by atoms with Crippen LogP contribution in [0.25, 0.3) is 5.57 Å². The number of aryl methyl sites for hydroxylation is 2. The highest BCUT2D eigenvalue weighted by Gasteiger charge is 2.17. The lowest BCUT2D eigenvalue weighted by molar-refractivity contribution is 0.102. The molecule has 1 fully saturated rings. The predicted octanol–water partition coefficient (Wildman–Crippen LogP) is 4.53. The first kappa shape index (κ1) is 25.3. The highest BCUT2D eigenvalue weighted by Crippen LogP contribution is 2.24. The zero-order valence-corrected chi connectivity index (χ0v) is 22.1. The van der Waals surface area contributed by atoms with Crippen LogP contribution in [0.1, 0.15) is 59.3 Å². The molecule has 0 aliphatic carbocycles. The van der Waals surface area contributed by atoms with Crippen molar-refractivity contribution in [2.45, 2.75) is 39.2 Å². The molecule has 5 rings (SSSR count). The minimum atomic E-state index is -0.160. The number of pyridine rings is 1. The third kappa shape index (κ3) is 5.94. The molecule has 2 aliphatic rings. The maximum Gasteiger partial charge on any atom is 0.257 e. The standard InChI is InChI=1S/C29H34N8O/c1-20-13-24(17-33-28(20)37-11-4-5-12-37)29(38)35-26-8-6-7-22(14-26)21(2)30-9-10-31-27-15-23(16-32-27)25-18-34-36(3)19-25/h6-10,13-14,16-19,21,30H,4-5,11-12,15H2,1-3H3,(H,31,32)(H,35,38). The summed E-state index contributed by atoms with van der Waals surface area (Å²) < 4.78 is 1.79. The van der Waals surface area contributed by atoms with Crippen molar-refractivity contribution < 1.29 is 4.79 Å². The number of benzene rings is 1. The quantitative estimate of drug-likeness (QED) is 0.412. The van der Waals surface area contributed by atoms with E-state index in [0.29, 0.717) is 5.56 Å². The van der Waals surface area contributed by atoms with Gasteiger partial charge < -0.3 is 20.9 Å². The van der Waals surface area contributed by atoms with Crippen LogP contribution in [-0.2, 0) is 7.05 Å². The van der Waals surface area contributed by atoms with Crippen LogP contribution in [0.2, 0.25) is 0 Å². The lowest BCUT2D eigenvalue weighted by Crippen LogP contribution is -2.21.